The number of hydrogen-bond acceptors (Lipinski definition) is 2. The molecule has 0 saturated heterocycles. The van der Waals surface area contributed by atoms with Crippen LogP contribution in [0, 0.1) is 0 Å². The first-order chi connectivity index (χ1) is 9.45. The average Bonchev–Trinajstić information content (AvgIpc) is 2.53. The number of ether oxygens (including phenoxy) is 2. The normalized spacial score (nSPS) is 8.21. The molecular weight excluding hydrogens is 236 g/mol. The fourth-order valence-electron chi connectivity index (χ4n) is 1.20. The van der Waals surface area contributed by atoms with E-state index in [1.54, 1.807) is 0 Å². The van der Waals surface area contributed by atoms with Gasteiger partial charge in [0.25, 0.3) is 0 Å². The van der Waals surface area contributed by atoms with Crippen molar-refractivity contribution in [2.24, 2.45) is 0 Å². The highest BCUT2D eigenvalue weighted by Gasteiger charge is 1.92. The van der Waals surface area contributed by atoms with Crippen LogP contribution < -0.4 is 9.47 Å². The Balaban J connectivity index is 0.000000741. The molecule has 0 fully saturated rings. The van der Waals surface area contributed by atoms with E-state index in [4.69, 9.17) is 9.47 Å². The molecule has 0 heterocycles. The van der Waals surface area contributed by atoms with Crippen molar-refractivity contribution >= 4 is 0 Å². The van der Waals surface area contributed by atoms with Gasteiger partial charge in [0.15, 0.2) is 0 Å². The molecule has 0 spiro atoms. The monoisotopic (exact) mass is 260 g/mol. The lowest BCUT2D eigenvalue weighted by molar-refractivity contribution is 0.120. The molecule has 2 aromatic rings. The Kier molecular flexibility index (Phi) is 11.2. The molecule has 104 valence electrons. The standard InChI is InChI=1S/C13H12O2.2C2H6/c1-3-7-12(8-4-1)14-11-15-13-9-5-2-6-10-13;2*1-2/h1-10H,11H2;2*1-2H3. The van der Waals surface area contributed by atoms with E-state index in [1.165, 1.54) is 0 Å². The molecule has 2 nitrogen and oxygen atoms in total. The SMILES string of the molecule is CC.CC.c1ccc(OCOc2ccccc2)cc1. The molecule has 2 rings (SSSR count). The van der Waals surface area contributed by atoms with E-state index in [2.05, 4.69) is 0 Å². The zero-order valence-electron chi connectivity index (χ0n) is 12.3. The minimum absolute atomic E-state index is 0.230. The maximum atomic E-state index is 5.39. The van der Waals surface area contributed by atoms with Crippen LogP contribution in [0.1, 0.15) is 27.7 Å². The van der Waals surface area contributed by atoms with Crippen molar-refractivity contribution in [1.29, 1.82) is 0 Å². The predicted molar refractivity (Wildman–Crippen MR) is 81.7 cm³/mol. The van der Waals surface area contributed by atoms with Crippen LogP contribution in [0.15, 0.2) is 60.7 Å². The Morgan fingerprint density at radius 3 is 1.21 bits per heavy atom. The first-order valence-electron chi connectivity index (χ1n) is 6.81. The Bertz CT molecular complexity index is 345. The van der Waals surface area contributed by atoms with Gasteiger partial charge in [0.1, 0.15) is 11.5 Å². The second kappa shape index (κ2) is 12.5. The van der Waals surface area contributed by atoms with Gasteiger partial charge in [-0.15, -0.1) is 0 Å². The molecule has 0 aromatic heterocycles. The summed E-state index contributed by atoms with van der Waals surface area (Å²) in [4.78, 5) is 0. The molecule has 0 bridgehead atoms. The number of rotatable bonds is 4. The van der Waals surface area contributed by atoms with E-state index in [9.17, 15) is 0 Å². The van der Waals surface area contributed by atoms with Crippen molar-refractivity contribution in [3.63, 3.8) is 0 Å². The van der Waals surface area contributed by atoms with Crippen molar-refractivity contribution in [2.75, 3.05) is 6.79 Å². The topological polar surface area (TPSA) is 18.5 Å². The van der Waals surface area contributed by atoms with E-state index < -0.39 is 0 Å². The fourth-order valence-corrected chi connectivity index (χ4v) is 1.20. The third-order valence-electron chi connectivity index (χ3n) is 1.94. The zero-order chi connectivity index (χ0) is 14.3. The number of para-hydroxylation sites is 2. The summed E-state index contributed by atoms with van der Waals surface area (Å²) >= 11 is 0. The maximum Gasteiger partial charge on any atom is 0.230 e. The van der Waals surface area contributed by atoms with E-state index in [-0.39, 0.29) is 6.79 Å². The first-order valence-corrected chi connectivity index (χ1v) is 6.81. The van der Waals surface area contributed by atoms with Crippen LogP contribution in [0.2, 0.25) is 0 Å². The van der Waals surface area contributed by atoms with E-state index >= 15 is 0 Å². The molecule has 19 heavy (non-hydrogen) atoms. The lowest BCUT2D eigenvalue weighted by Gasteiger charge is -2.07. The van der Waals surface area contributed by atoms with Crippen LogP contribution in [0.4, 0.5) is 0 Å². The molecular formula is C17H24O2. The van der Waals surface area contributed by atoms with Gasteiger partial charge < -0.3 is 9.47 Å². The molecule has 2 heteroatoms. The van der Waals surface area contributed by atoms with Crippen LogP contribution in [-0.2, 0) is 0 Å². The van der Waals surface area contributed by atoms with E-state index in [1.807, 2.05) is 88.4 Å². The summed E-state index contributed by atoms with van der Waals surface area (Å²) < 4.78 is 10.8. The second-order valence-electron chi connectivity index (χ2n) is 3.03. The van der Waals surface area contributed by atoms with Gasteiger partial charge in [0.05, 0.1) is 0 Å². The van der Waals surface area contributed by atoms with Crippen molar-refractivity contribution < 1.29 is 9.47 Å². The number of benzene rings is 2. The zero-order valence-corrected chi connectivity index (χ0v) is 12.3. The molecule has 0 aliphatic carbocycles. The lowest BCUT2D eigenvalue weighted by Crippen LogP contribution is -2.05. The first kappa shape index (κ1) is 17.0. The maximum absolute atomic E-state index is 5.39. The highest BCUT2D eigenvalue weighted by atomic mass is 16.7. The van der Waals surface area contributed by atoms with Gasteiger partial charge in [0.2, 0.25) is 6.79 Å². The van der Waals surface area contributed by atoms with Crippen LogP contribution in [0.3, 0.4) is 0 Å². The van der Waals surface area contributed by atoms with Crippen molar-refractivity contribution in [2.45, 2.75) is 27.7 Å². The molecule has 0 aliphatic rings. The van der Waals surface area contributed by atoms with Gasteiger partial charge in [-0.3, -0.25) is 0 Å². The van der Waals surface area contributed by atoms with E-state index in [0.29, 0.717) is 0 Å². The number of hydrogen-bond donors (Lipinski definition) is 0. The summed E-state index contributed by atoms with van der Waals surface area (Å²) in [5.41, 5.74) is 0. The lowest BCUT2D eigenvalue weighted by atomic mass is 10.3. The summed E-state index contributed by atoms with van der Waals surface area (Å²) in [5, 5.41) is 0. The van der Waals surface area contributed by atoms with Crippen molar-refractivity contribution in [3.8, 4) is 11.5 Å². The highest BCUT2D eigenvalue weighted by molar-refractivity contribution is 5.22. The van der Waals surface area contributed by atoms with Gasteiger partial charge in [-0.1, -0.05) is 64.1 Å². The Morgan fingerprint density at radius 2 is 0.895 bits per heavy atom. The average molecular weight is 260 g/mol. The predicted octanol–water partition coefficient (Wildman–Crippen LogP) is 5.15. The van der Waals surface area contributed by atoms with Crippen molar-refractivity contribution in [3.05, 3.63) is 60.7 Å². The molecule has 0 atom stereocenters. The third-order valence-corrected chi connectivity index (χ3v) is 1.94. The van der Waals surface area contributed by atoms with Crippen molar-refractivity contribution in [1.82, 2.24) is 0 Å². The minimum atomic E-state index is 0.230. The molecule has 2 aromatic carbocycles. The fraction of sp³-hybridized carbons (Fsp3) is 0.294. The Morgan fingerprint density at radius 1 is 0.579 bits per heavy atom. The summed E-state index contributed by atoms with van der Waals surface area (Å²) in [6, 6.07) is 19.2. The second-order valence-corrected chi connectivity index (χ2v) is 3.03. The van der Waals surface area contributed by atoms with Gasteiger partial charge in [-0.05, 0) is 24.3 Å². The minimum Gasteiger partial charge on any atom is -0.458 e. The van der Waals surface area contributed by atoms with Crippen LogP contribution in [0.5, 0.6) is 11.5 Å². The largest absolute Gasteiger partial charge is 0.458 e. The van der Waals surface area contributed by atoms with Gasteiger partial charge in [-0.25, -0.2) is 0 Å². The molecule has 0 unspecified atom stereocenters. The van der Waals surface area contributed by atoms with Gasteiger partial charge >= 0.3 is 0 Å². The Hall–Kier alpha value is -1.96. The summed E-state index contributed by atoms with van der Waals surface area (Å²) in [5.74, 6) is 1.63. The third kappa shape index (κ3) is 7.87. The molecule has 0 amide bonds. The molecule has 0 N–H and O–H groups in total. The quantitative estimate of drug-likeness (QED) is 0.707. The van der Waals surface area contributed by atoms with Crippen LogP contribution in [0.25, 0.3) is 0 Å². The smallest absolute Gasteiger partial charge is 0.230 e. The van der Waals surface area contributed by atoms with Gasteiger partial charge in [0, 0.05) is 0 Å². The van der Waals surface area contributed by atoms with Gasteiger partial charge in [-0.2, -0.15) is 0 Å². The molecule has 0 aliphatic heterocycles. The van der Waals surface area contributed by atoms with Crippen LogP contribution >= 0.6 is 0 Å². The highest BCUT2D eigenvalue weighted by Crippen LogP contribution is 2.11. The summed E-state index contributed by atoms with van der Waals surface area (Å²) in [7, 11) is 0. The molecule has 0 radical (unpaired) electrons. The van der Waals surface area contributed by atoms with E-state index in [0.717, 1.165) is 11.5 Å². The molecule has 0 saturated carbocycles. The van der Waals surface area contributed by atoms with Crippen LogP contribution in [-0.4, -0.2) is 6.79 Å². The summed E-state index contributed by atoms with van der Waals surface area (Å²) in [6.07, 6.45) is 0. The Labute approximate surface area is 117 Å². The summed E-state index contributed by atoms with van der Waals surface area (Å²) in [6.45, 7) is 8.23.